The predicted molar refractivity (Wildman–Crippen MR) is 60.0 cm³/mol. The van der Waals surface area contributed by atoms with E-state index in [-0.39, 0.29) is 0 Å². The molecule has 0 unspecified atom stereocenters. The molecule has 0 aromatic heterocycles. The molecule has 0 aliphatic heterocycles. The average molecular weight is 239 g/mol. The van der Waals surface area contributed by atoms with Crippen molar-refractivity contribution in [3.63, 3.8) is 0 Å². The van der Waals surface area contributed by atoms with Crippen LogP contribution in [0.3, 0.4) is 0 Å². The van der Waals surface area contributed by atoms with Gasteiger partial charge in [0.05, 0.1) is 6.61 Å². The van der Waals surface area contributed by atoms with Crippen LogP contribution in [0.15, 0.2) is 0 Å². The van der Waals surface area contributed by atoms with Crippen LogP contribution >= 0.6 is 7.82 Å². The van der Waals surface area contributed by atoms with Gasteiger partial charge in [0.2, 0.25) is 0 Å². The van der Waals surface area contributed by atoms with E-state index in [9.17, 15) is 4.57 Å². The Morgan fingerprint density at radius 3 is 2.20 bits per heavy atom. The number of phosphoric acid groups is 1. The van der Waals surface area contributed by atoms with Crippen molar-refractivity contribution < 1.29 is 18.1 Å². The zero-order valence-electron chi connectivity index (χ0n) is 9.82. The first-order chi connectivity index (χ1) is 7.18. The van der Waals surface area contributed by atoms with Crippen molar-refractivity contribution in [2.45, 2.75) is 25.7 Å². The normalized spacial score (nSPS) is 11.9. The molecule has 0 aliphatic carbocycles. The van der Waals surface area contributed by atoms with E-state index in [2.05, 4.69) is 14.4 Å². The maximum atomic E-state index is 11.4. The minimum atomic E-state index is -3.25. The molecule has 0 bridgehead atoms. The molecular weight excluding hydrogens is 217 g/mol. The van der Waals surface area contributed by atoms with Gasteiger partial charge in [-0.05, 0) is 26.4 Å². The van der Waals surface area contributed by atoms with Gasteiger partial charge in [0.1, 0.15) is 0 Å². The van der Waals surface area contributed by atoms with Crippen LogP contribution in [0.1, 0.15) is 25.7 Å². The van der Waals surface area contributed by atoms with Crippen molar-refractivity contribution in [2.24, 2.45) is 0 Å². The summed E-state index contributed by atoms with van der Waals surface area (Å²) in [4.78, 5) is 0. The summed E-state index contributed by atoms with van der Waals surface area (Å²) in [6.07, 6.45) is 4.24. The lowest BCUT2D eigenvalue weighted by Crippen LogP contribution is -2.07. The minimum absolute atomic E-state index is 0.415. The molecule has 0 amide bonds. The van der Waals surface area contributed by atoms with E-state index in [0.29, 0.717) is 6.61 Å². The third-order valence-electron chi connectivity index (χ3n) is 2.02. The molecule has 0 rings (SSSR count). The van der Waals surface area contributed by atoms with Gasteiger partial charge in [0.25, 0.3) is 0 Å². The first-order valence-electron chi connectivity index (χ1n) is 5.19. The highest BCUT2D eigenvalue weighted by atomic mass is 31.2. The summed E-state index contributed by atoms with van der Waals surface area (Å²) in [5.74, 6) is 0. The molecule has 0 atom stereocenters. The lowest BCUT2D eigenvalue weighted by atomic mass is 10.2. The third kappa shape index (κ3) is 7.94. The topological polar surface area (TPSA) is 56.8 Å². The van der Waals surface area contributed by atoms with Gasteiger partial charge in [-0.1, -0.05) is 12.8 Å². The van der Waals surface area contributed by atoms with Crippen LogP contribution in [0.5, 0.6) is 0 Å². The second-order valence-corrected chi connectivity index (χ2v) is 5.05. The van der Waals surface area contributed by atoms with E-state index >= 15 is 0 Å². The van der Waals surface area contributed by atoms with Crippen molar-refractivity contribution in [1.29, 1.82) is 0 Å². The van der Waals surface area contributed by atoms with Crippen LogP contribution in [0.2, 0.25) is 0 Å². The van der Waals surface area contributed by atoms with Crippen LogP contribution in [-0.4, -0.2) is 34.4 Å². The Hall–Kier alpha value is 0.0700. The molecule has 0 spiro atoms. The molecule has 1 N–H and O–H groups in total. The van der Waals surface area contributed by atoms with E-state index in [0.717, 1.165) is 32.2 Å². The fourth-order valence-electron chi connectivity index (χ4n) is 1.11. The monoisotopic (exact) mass is 239 g/mol. The summed E-state index contributed by atoms with van der Waals surface area (Å²) in [6, 6.07) is 0. The number of rotatable bonds is 10. The fraction of sp³-hybridized carbons (Fsp3) is 1.00. The van der Waals surface area contributed by atoms with Gasteiger partial charge in [-0.25, -0.2) is 4.57 Å². The highest BCUT2D eigenvalue weighted by Crippen LogP contribution is 2.47. The zero-order chi connectivity index (χ0) is 11.6. The van der Waals surface area contributed by atoms with Crippen molar-refractivity contribution >= 4 is 7.82 Å². The number of nitrogens with one attached hydrogen (secondary N) is 1. The van der Waals surface area contributed by atoms with E-state index < -0.39 is 7.82 Å². The van der Waals surface area contributed by atoms with Crippen LogP contribution < -0.4 is 5.32 Å². The zero-order valence-corrected chi connectivity index (χ0v) is 10.7. The predicted octanol–water partition coefficient (Wildman–Crippen LogP) is 2.18. The molecular formula is C9H22NO4P. The molecule has 15 heavy (non-hydrogen) atoms. The highest BCUT2D eigenvalue weighted by Gasteiger charge is 2.21. The highest BCUT2D eigenvalue weighted by molar-refractivity contribution is 7.48. The largest absolute Gasteiger partial charge is 0.474 e. The third-order valence-corrected chi connectivity index (χ3v) is 3.41. The van der Waals surface area contributed by atoms with Gasteiger partial charge in [0.15, 0.2) is 0 Å². The molecule has 0 fully saturated rings. The molecule has 5 nitrogen and oxygen atoms in total. The Labute approximate surface area is 92.1 Å². The lowest BCUT2D eigenvalue weighted by molar-refractivity contribution is 0.150. The first kappa shape index (κ1) is 15.1. The number of hydrogen-bond acceptors (Lipinski definition) is 5. The lowest BCUT2D eigenvalue weighted by Gasteiger charge is -2.12. The number of phosphoric ester groups is 1. The molecule has 0 saturated heterocycles. The van der Waals surface area contributed by atoms with Crippen molar-refractivity contribution in [1.82, 2.24) is 5.32 Å². The van der Waals surface area contributed by atoms with E-state index in [4.69, 9.17) is 4.52 Å². The SMILES string of the molecule is CNCCCCCCOP(=O)(OC)OC. The fourth-order valence-corrected chi connectivity index (χ4v) is 1.83. The molecule has 0 aromatic rings. The summed E-state index contributed by atoms with van der Waals surface area (Å²) in [5, 5.41) is 3.09. The summed E-state index contributed by atoms with van der Waals surface area (Å²) in [7, 11) is 1.32. The maximum absolute atomic E-state index is 11.4. The van der Waals surface area contributed by atoms with Crippen LogP contribution in [0.25, 0.3) is 0 Å². The van der Waals surface area contributed by atoms with Crippen LogP contribution in [0.4, 0.5) is 0 Å². The maximum Gasteiger partial charge on any atom is 0.474 e. The quantitative estimate of drug-likeness (QED) is 0.467. The smallest absolute Gasteiger partial charge is 0.320 e. The van der Waals surface area contributed by atoms with E-state index in [1.165, 1.54) is 14.2 Å². The van der Waals surface area contributed by atoms with Gasteiger partial charge < -0.3 is 5.32 Å². The first-order valence-corrected chi connectivity index (χ1v) is 6.65. The van der Waals surface area contributed by atoms with Crippen molar-refractivity contribution in [3.05, 3.63) is 0 Å². The van der Waals surface area contributed by atoms with Crippen LogP contribution in [0, 0.1) is 0 Å². The Bertz CT molecular complexity index is 181. The summed E-state index contributed by atoms with van der Waals surface area (Å²) in [5.41, 5.74) is 0. The summed E-state index contributed by atoms with van der Waals surface area (Å²) < 4.78 is 25.7. The average Bonchev–Trinajstić information content (AvgIpc) is 2.27. The van der Waals surface area contributed by atoms with E-state index in [1.807, 2.05) is 7.05 Å². The Morgan fingerprint density at radius 2 is 1.67 bits per heavy atom. The summed E-state index contributed by atoms with van der Waals surface area (Å²) >= 11 is 0. The molecule has 0 heterocycles. The molecule has 0 aliphatic rings. The van der Waals surface area contributed by atoms with Gasteiger partial charge in [0, 0.05) is 14.2 Å². The summed E-state index contributed by atoms with van der Waals surface area (Å²) in [6.45, 7) is 1.45. The molecule has 6 heteroatoms. The van der Waals surface area contributed by atoms with Gasteiger partial charge in [-0.15, -0.1) is 0 Å². The van der Waals surface area contributed by atoms with Crippen molar-refractivity contribution in [3.8, 4) is 0 Å². The molecule has 0 saturated carbocycles. The second-order valence-electron chi connectivity index (χ2n) is 3.16. The van der Waals surface area contributed by atoms with Crippen molar-refractivity contribution in [2.75, 3.05) is 34.4 Å². The minimum Gasteiger partial charge on any atom is -0.320 e. The molecule has 92 valence electrons. The Balaban J connectivity index is 3.34. The number of unbranched alkanes of at least 4 members (excludes halogenated alkanes) is 3. The van der Waals surface area contributed by atoms with E-state index in [1.54, 1.807) is 0 Å². The standard InChI is InChI=1S/C9H22NO4P/c1-10-8-6-4-5-7-9-14-15(11,12-2)13-3/h10H,4-9H2,1-3H3. The molecule has 0 radical (unpaired) electrons. The second kappa shape index (κ2) is 9.31. The Morgan fingerprint density at radius 1 is 1.07 bits per heavy atom. The van der Waals surface area contributed by atoms with Gasteiger partial charge in [-0.2, -0.15) is 0 Å². The number of hydrogen-bond donors (Lipinski definition) is 1. The van der Waals surface area contributed by atoms with Gasteiger partial charge in [-0.3, -0.25) is 13.6 Å². The van der Waals surface area contributed by atoms with Crippen LogP contribution in [-0.2, 0) is 18.1 Å². The Kier molecular flexibility index (Phi) is 9.35. The molecule has 0 aromatic carbocycles. The van der Waals surface area contributed by atoms with Gasteiger partial charge >= 0.3 is 7.82 Å².